The van der Waals surface area contributed by atoms with E-state index in [1.54, 1.807) is 37.3 Å². The summed E-state index contributed by atoms with van der Waals surface area (Å²) in [6, 6.07) is 14.6. The lowest BCUT2D eigenvalue weighted by atomic mass is 10.1. The SMILES string of the molecule is CC[C@H](C(=O)NC)N(Cc1ccc(Cl)cc1Cl)C(=O)CN(c1cc(Cl)ccc1OC)S(=O)(=O)c1ccc(C)cc1. The van der Waals surface area contributed by atoms with Crippen molar-refractivity contribution >= 4 is 62.3 Å². The maximum Gasteiger partial charge on any atom is 0.264 e. The lowest BCUT2D eigenvalue weighted by Crippen LogP contribution is -2.51. The van der Waals surface area contributed by atoms with Gasteiger partial charge in [-0.15, -0.1) is 0 Å². The summed E-state index contributed by atoms with van der Waals surface area (Å²) >= 11 is 18.7. The summed E-state index contributed by atoms with van der Waals surface area (Å²) in [5.41, 5.74) is 1.47. The Hall–Kier alpha value is -2.98. The first-order valence-corrected chi connectivity index (χ1v) is 14.9. The zero-order chi connectivity index (χ0) is 29.6. The van der Waals surface area contributed by atoms with Crippen molar-refractivity contribution in [3.8, 4) is 5.75 Å². The van der Waals surface area contributed by atoms with Crippen LogP contribution < -0.4 is 14.4 Å². The molecule has 3 aromatic rings. The second kappa shape index (κ2) is 13.6. The van der Waals surface area contributed by atoms with E-state index in [4.69, 9.17) is 39.5 Å². The molecular weight excluding hydrogens is 597 g/mol. The van der Waals surface area contributed by atoms with Crippen LogP contribution >= 0.6 is 34.8 Å². The number of aryl methyl sites for hydroxylation is 1. The van der Waals surface area contributed by atoms with Gasteiger partial charge in [0, 0.05) is 28.7 Å². The number of likely N-dealkylation sites (N-methyl/N-ethyl adjacent to an activating group) is 1. The molecule has 1 atom stereocenters. The number of hydrogen-bond acceptors (Lipinski definition) is 5. The third-order valence-corrected chi connectivity index (χ3v) is 8.88. The first-order chi connectivity index (χ1) is 18.9. The van der Waals surface area contributed by atoms with E-state index < -0.39 is 34.4 Å². The number of amides is 2. The normalized spacial score (nSPS) is 12.0. The number of rotatable bonds is 11. The van der Waals surface area contributed by atoms with Crippen LogP contribution in [0.15, 0.2) is 65.6 Å². The van der Waals surface area contributed by atoms with Crippen molar-refractivity contribution in [2.24, 2.45) is 0 Å². The molecule has 0 heterocycles. The van der Waals surface area contributed by atoms with E-state index in [0.717, 1.165) is 9.87 Å². The second-order valence-corrected chi connectivity index (χ2v) is 12.1. The molecule has 0 aromatic heterocycles. The molecule has 214 valence electrons. The van der Waals surface area contributed by atoms with Crippen LogP contribution in [-0.2, 0) is 26.2 Å². The third kappa shape index (κ3) is 7.20. The number of anilines is 1. The van der Waals surface area contributed by atoms with Crippen LogP contribution in [0.2, 0.25) is 15.1 Å². The summed E-state index contributed by atoms with van der Waals surface area (Å²) in [6.45, 7) is 2.88. The summed E-state index contributed by atoms with van der Waals surface area (Å²) in [4.78, 5) is 28.2. The molecule has 0 unspecified atom stereocenters. The number of nitrogens with one attached hydrogen (secondary N) is 1. The Bertz CT molecular complexity index is 1480. The van der Waals surface area contributed by atoms with Crippen LogP contribution in [0.25, 0.3) is 0 Å². The van der Waals surface area contributed by atoms with Crippen LogP contribution in [0.3, 0.4) is 0 Å². The van der Waals surface area contributed by atoms with E-state index in [9.17, 15) is 18.0 Å². The molecule has 8 nitrogen and oxygen atoms in total. The molecule has 3 rings (SSSR count). The van der Waals surface area contributed by atoms with Gasteiger partial charge in [-0.1, -0.05) is 65.5 Å². The zero-order valence-corrected chi connectivity index (χ0v) is 25.5. The number of ether oxygens (including phenoxy) is 1. The Morgan fingerprint density at radius 3 is 2.17 bits per heavy atom. The van der Waals surface area contributed by atoms with Gasteiger partial charge in [0.2, 0.25) is 11.8 Å². The average molecular weight is 627 g/mol. The number of carbonyl (C=O) groups is 2. The largest absolute Gasteiger partial charge is 0.495 e. The lowest BCUT2D eigenvalue weighted by molar-refractivity contribution is -0.140. The van der Waals surface area contributed by atoms with Crippen LogP contribution in [0, 0.1) is 6.92 Å². The maximum absolute atomic E-state index is 14.0. The van der Waals surface area contributed by atoms with Crippen molar-refractivity contribution in [2.75, 3.05) is 25.0 Å². The minimum atomic E-state index is -4.29. The molecular formula is C28H30Cl3N3O5S. The third-order valence-electron chi connectivity index (χ3n) is 6.29. The molecule has 0 spiro atoms. The Morgan fingerprint density at radius 1 is 0.975 bits per heavy atom. The van der Waals surface area contributed by atoms with Gasteiger partial charge in [-0.2, -0.15) is 0 Å². The van der Waals surface area contributed by atoms with Crippen molar-refractivity contribution in [3.63, 3.8) is 0 Å². The summed E-state index contributed by atoms with van der Waals surface area (Å²) in [7, 11) is -1.44. The quantitative estimate of drug-likeness (QED) is 0.294. The number of hydrogen-bond donors (Lipinski definition) is 1. The first kappa shape index (κ1) is 31.5. The van der Waals surface area contributed by atoms with Crippen molar-refractivity contribution in [3.05, 3.63) is 86.9 Å². The summed E-state index contributed by atoms with van der Waals surface area (Å²) < 4.78 is 34.4. The molecule has 0 aliphatic carbocycles. The van der Waals surface area contributed by atoms with Crippen LogP contribution in [0.5, 0.6) is 5.75 Å². The van der Waals surface area contributed by atoms with E-state index in [-0.39, 0.29) is 34.3 Å². The highest BCUT2D eigenvalue weighted by Gasteiger charge is 2.35. The minimum Gasteiger partial charge on any atom is -0.495 e. The van der Waals surface area contributed by atoms with Gasteiger partial charge < -0.3 is 15.0 Å². The van der Waals surface area contributed by atoms with Crippen molar-refractivity contribution in [2.45, 2.75) is 37.8 Å². The predicted molar refractivity (Wildman–Crippen MR) is 159 cm³/mol. The fourth-order valence-electron chi connectivity index (χ4n) is 4.13. The van der Waals surface area contributed by atoms with Gasteiger partial charge >= 0.3 is 0 Å². The molecule has 1 N–H and O–H groups in total. The minimum absolute atomic E-state index is 0.0291. The molecule has 0 saturated heterocycles. The molecule has 12 heteroatoms. The molecule has 0 saturated carbocycles. The second-order valence-electron chi connectivity index (χ2n) is 8.94. The van der Waals surface area contributed by atoms with E-state index >= 15 is 0 Å². The van der Waals surface area contributed by atoms with Gasteiger partial charge in [-0.25, -0.2) is 8.42 Å². The number of benzene rings is 3. The topological polar surface area (TPSA) is 96.0 Å². The highest BCUT2D eigenvalue weighted by atomic mass is 35.5. The average Bonchev–Trinajstić information content (AvgIpc) is 2.92. The van der Waals surface area contributed by atoms with Crippen LogP contribution in [-0.4, -0.2) is 51.9 Å². The molecule has 2 amide bonds. The number of halogens is 3. The molecule has 3 aromatic carbocycles. The maximum atomic E-state index is 14.0. The Morgan fingerprint density at radius 2 is 1.60 bits per heavy atom. The fourth-order valence-corrected chi connectivity index (χ4v) is 6.18. The van der Waals surface area contributed by atoms with Gasteiger partial charge in [0.15, 0.2) is 0 Å². The number of methoxy groups -OCH3 is 1. The molecule has 40 heavy (non-hydrogen) atoms. The van der Waals surface area contributed by atoms with Gasteiger partial charge in [0.25, 0.3) is 10.0 Å². The molecule has 0 bridgehead atoms. The summed E-state index contributed by atoms with van der Waals surface area (Å²) in [5, 5.41) is 3.54. The molecule has 0 aliphatic heterocycles. The molecule has 0 radical (unpaired) electrons. The van der Waals surface area contributed by atoms with Crippen molar-refractivity contribution in [1.82, 2.24) is 10.2 Å². The van der Waals surface area contributed by atoms with E-state index in [1.165, 1.54) is 49.4 Å². The van der Waals surface area contributed by atoms with Crippen molar-refractivity contribution < 1.29 is 22.7 Å². The van der Waals surface area contributed by atoms with Gasteiger partial charge in [0.1, 0.15) is 18.3 Å². The summed E-state index contributed by atoms with van der Waals surface area (Å²) in [6.07, 6.45) is 0.266. The van der Waals surface area contributed by atoms with Gasteiger partial charge in [-0.05, 0) is 61.4 Å². The van der Waals surface area contributed by atoms with E-state index in [0.29, 0.717) is 15.6 Å². The summed E-state index contributed by atoms with van der Waals surface area (Å²) in [5.74, 6) is -0.855. The van der Waals surface area contributed by atoms with Crippen LogP contribution in [0.4, 0.5) is 5.69 Å². The highest BCUT2D eigenvalue weighted by molar-refractivity contribution is 7.92. The van der Waals surface area contributed by atoms with Crippen LogP contribution in [0.1, 0.15) is 24.5 Å². The lowest BCUT2D eigenvalue weighted by Gasteiger charge is -2.33. The monoisotopic (exact) mass is 625 g/mol. The standard InChI is InChI=1S/C28H30Cl3N3O5S/c1-5-24(28(36)32-3)33(16-19-8-9-20(29)14-23(19)31)27(35)17-34(25-15-21(30)10-13-26(25)39-4)40(37,38)22-11-6-18(2)7-12-22/h6-15,24H,5,16-17H2,1-4H3,(H,32,36)/t24-/m1/s1. The van der Waals surface area contributed by atoms with Gasteiger partial charge in [0.05, 0.1) is 17.7 Å². The number of carbonyl (C=O) groups excluding carboxylic acids is 2. The zero-order valence-electron chi connectivity index (χ0n) is 22.4. The fraction of sp³-hybridized carbons (Fsp3) is 0.286. The van der Waals surface area contributed by atoms with E-state index in [2.05, 4.69) is 5.32 Å². The number of sulfonamides is 1. The molecule has 0 aliphatic rings. The molecule has 0 fully saturated rings. The smallest absolute Gasteiger partial charge is 0.264 e. The van der Waals surface area contributed by atoms with E-state index in [1.807, 2.05) is 6.92 Å². The number of nitrogens with zero attached hydrogens (tertiary/aromatic N) is 2. The van der Waals surface area contributed by atoms with Crippen molar-refractivity contribution in [1.29, 1.82) is 0 Å². The Kier molecular flexibility index (Phi) is 10.7. The predicted octanol–water partition coefficient (Wildman–Crippen LogP) is 5.71. The highest BCUT2D eigenvalue weighted by Crippen LogP contribution is 2.35. The Labute approximate surface area is 249 Å². The Balaban J connectivity index is 2.15. The van der Waals surface area contributed by atoms with Gasteiger partial charge in [-0.3, -0.25) is 13.9 Å². The first-order valence-electron chi connectivity index (χ1n) is 12.3.